The number of anilines is 1. The van der Waals surface area contributed by atoms with Gasteiger partial charge in [0.05, 0.1) is 0 Å². The first kappa shape index (κ1) is 11.5. The Balaban J connectivity index is 2.20. The summed E-state index contributed by atoms with van der Waals surface area (Å²) in [4.78, 5) is 13.6. The largest absolute Gasteiger partial charge is 0.326 e. The highest BCUT2D eigenvalue weighted by molar-refractivity contribution is 7.80. The molecule has 1 aromatic carbocycles. The summed E-state index contributed by atoms with van der Waals surface area (Å²) >= 11 is 4.25. The predicted octanol–water partition coefficient (Wildman–Crippen LogP) is 1.43. The van der Waals surface area contributed by atoms with Crippen molar-refractivity contribution in [3.8, 4) is 0 Å². The van der Waals surface area contributed by atoms with E-state index in [2.05, 4.69) is 12.6 Å². The number of hydrogen-bond donors (Lipinski definition) is 2. The van der Waals surface area contributed by atoms with Gasteiger partial charge >= 0.3 is 0 Å². The third-order valence-electron chi connectivity index (χ3n) is 2.92. The zero-order valence-corrected chi connectivity index (χ0v) is 9.99. The molecule has 2 N–H and O–H groups in total. The van der Waals surface area contributed by atoms with Gasteiger partial charge < -0.3 is 10.6 Å². The number of amides is 1. The van der Waals surface area contributed by atoms with Crippen molar-refractivity contribution >= 4 is 24.2 Å². The highest BCUT2D eigenvalue weighted by atomic mass is 32.1. The summed E-state index contributed by atoms with van der Waals surface area (Å²) in [5.41, 5.74) is 7.60. The van der Waals surface area contributed by atoms with Gasteiger partial charge in [0.2, 0.25) is 5.91 Å². The minimum Gasteiger partial charge on any atom is -0.326 e. The summed E-state index contributed by atoms with van der Waals surface area (Å²) in [6, 6.07) is 7.86. The maximum absolute atomic E-state index is 11.8. The average Bonchev–Trinajstić information content (AvgIpc) is 2.71. The summed E-state index contributed by atoms with van der Waals surface area (Å²) in [5, 5.41) is 0. The number of benzene rings is 1. The second-order valence-electron chi connectivity index (χ2n) is 4.13. The molecule has 1 aliphatic heterocycles. The molecule has 16 heavy (non-hydrogen) atoms. The monoisotopic (exact) mass is 236 g/mol. The van der Waals surface area contributed by atoms with Crippen LogP contribution in [0.15, 0.2) is 24.3 Å². The Bertz CT molecular complexity index is 394. The van der Waals surface area contributed by atoms with Crippen molar-refractivity contribution in [3.63, 3.8) is 0 Å². The number of carbonyl (C=O) groups excluding carboxylic acids is 1. The molecule has 0 aromatic heterocycles. The molecule has 3 nitrogen and oxygen atoms in total. The number of rotatable bonds is 3. The van der Waals surface area contributed by atoms with E-state index in [0.29, 0.717) is 18.9 Å². The highest BCUT2D eigenvalue weighted by Crippen LogP contribution is 2.26. The summed E-state index contributed by atoms with van der Waals surface area (Å²) in [5.74, 6) is 1.32. The predicted molar refractivity (Wildman–Crippen MR) is 68.6 cm³/mol. The van der Waals surface area contributed by atoms with Gasteiger partial charge in [-0.15, -0.1) is 0 Å². The van der Waals surface area contributed by atoms with Crippen molar-refractivity contribution in [2.45, 2.75) is 13.0 Å². The molecule has 1 heterocycles. The molecule has 1 fully saturated rings. The van der Waals surface area contributed by atoms with Crippen LogP contribution in [0.2, 0.25) is 0 Å². The SMILES string of the molecule is NCc1cccc(N2CC(CS)CC2=O)c1. The van der Waals surface area contributed by atoms with Crippen LogP contribution in [-0.2, 0) is 11.3 Å². The fourth-order valence-electron chi connectivity index (χ4n) is 2.00. The normalized spacial score (nSPS) is 20.5. The molecule has 0 radical (unpaired) electrons. The molecule has 1 saturated heterocycles. The molecule has 2 rings (SSSR count). The smallest absolute Gasteiger partial charge is 0.227 e. The number of nitrogens with two attached hydrogens (primary N) is 1. The van der Waals surface area contributed by atoms with Crippen LogP contribution in [0.25, 0.3) is 0 Å². The molecule has 0 saturated carbocycles. The Morgan fingerprint density at radius 3 is 2.94 bits per heavy atom. The topological polar surface area (TPSA) is 46.3 Å². The second-order valence-corrected chi connectivity index (χ2v) is 4.50. The summed E-state index contributed by atoms with van der Waals surface area (Å²) < 4.78 is 0. The molecule has 1 unspecified atom stereocenters. The van der Waals surface area contributed by atoms with E-state index in [1.54, 1.807) is 0 Å². The quantitative estimate of drug-likeness (QED) is 0.780. The van der Waals surface area contributed by atoms with E-state index in [1.165, 1.54) is 0 Å². The first-order chi connectivity index (χ1) is 7.74. The lowest BCUT2D eigenvalue weighted by atomic mass is 10.1. The van der Waals surface area contributed by atoms with Crippen LogP contribution in [0.4, 0.5) is 5.69 Å². The molecule has 1 atom stereocenters. The third-order valence-corrected chi connectivity index (χ3v) is 3.44. The van der Waals surface area contributed by atoms with Crippen LogP contribution in [0.1, 0.15) is 12.0 Å². The van der Waals surface area contributed by atoms with Crippen molar-refractivity contribution in [1.82, 2.24) is 0 Å². The van der Waals surface area contributed by atoms with Gasteiger partial charge in [-0.25, -0.2) is 0 Å². The maximum Gasteiger partial charge on any atom is 0.227 e. The van der Waals surface area contributed by atoms with Crippen LogP contribution in [-0.4, -0.2) is 18.2 Å². The molecule has 1 aromatic rings. The lowest BCUT2D eigenvalue weighted by Crippen LogP contribution is -2.24. The summed E-state index contributed by atoms with van der Waals surface area (Å²) in [6.45, 7) is 1.28. The lowest BCUT2D eigenvalue weighted by Gasteiger charge is -2.17. The van der Waals surface area contributed by atoms with Crippen molar-refractivity contribution in [3.05, 3.63) is 29.8 Å². The molecule has 0 spiro atoms. The van der Waals surface area contributed by atoms with E-state index in [4.69, 9.17) is 5.73 Å². The molecule has 0 bridgehead atoms. The number of carbonyl (C=O) groups is 1. The summed E-state index contributed by atoms with van der Waals surface area (Å²) in [6.07, 6.45) is 0.607. The maximum atomic E-state index is 11.8. The number of hydrogen-bond acceptors (Lipinski definition) is 3. The van der Waals surface area contributed by atoms with Crippen LogP contribution in [0.5, 0.6) is 0 Å². The first-order valence-corrected chi connectivity index (χ1v) is 6.08. The van der Waals surface area contributed by atoms with Gasteiger partial charge in [-0.2, -0.15) is 12.6 Å². The van der Waals surface area contributed by atoms with Gasteiger partial charge in [-0.05, 0) is 29.4 Å². The average molecular weight is 236 g/mol. The van der Waals surface area contributed by atoms with Gasteiger partial charge in [-0.1, -0.05) is 12.1 Å². The number of thiol groups is 1. The minimum atomic E-state index is 0.188. The number of nitrogens with zero attached hydrogens (tertiary/aromatic N) is 1. The lowest BCUT2D eigenvalue weighted by molar-refractivity contribution is -0.117. The van der Waals surface area contributed by atoms with E-state index in [-0.39, 0.29) is 5.91 Å². The molecular formula is C12H16N2OS. The van der Waals surface area contributed by atoms with Crippen LogP contribution in [0, 0.1) is 5.92 Å². The van der Waals surface area contributed by atoms with Crippen LogP contribution >= 0.6 is 12.6 Å². The van der Waals surface area contributed by atoms with Gasteiger partial charge in [0.25, 0.3) is 0 Å². The van der Waals surface area contributed by atoms with E-state index >= 15 is 0 Å². The molecule has 86 valence electrons. The fraction of sp³-hybridized carbons (Fsp3) is 0.417. The first-order valence-electron chi connectivity index (χ1n) is 5.45. The Labute approximate surface area is 101 Å². The van der Waals surface area contributed by atoms with Gasteiger partial charge in [0, 0.05) is 25.2 Å². The zero-order chi connectivity index (χ0) is 11.5. The molecule has 1 amide bonds. The second kappa shape index (κ2) is 4.89. The molecular weight excluding hydrogens is 220 g/mol. The van der Waals surface area contributed by atoms with Crippen molar-refractivity contribution in [1.29, 1.82) is 0 Å². The summed E-state index contributed by atoms with van der Waals surface area (Å²) in [7, 11) is 0. The third kappa shape index (κ3) is 2.23. The van der Waals surface area contributed by atoms with E-state index in [1.807, 2.05) is 29.2 Å². The van der Waals surface area contributed by atoms with Crippen molar-refractivity contribution < 1.29 is 4.79 Å². The van der Waals surface area contributed by atoms with E-state index in [9.17, 15) is 4.79 Å². The van der Waals surface area contributed by atoms with Crippen molar-refractivity contribution in [2.75, 3.05) is 17.2 Å². The Hall–Kier alpha value is -1.00. The van der Waals surface area contributed by atoms with E-state index in [0.717, 1.165) is 23.5 Å². The highest BCUT2D eigenvalue weighted by Gasteiger charge is 2.29. The van der Waals surface area contributed by atoms with Crippen molar-refractivity contribution in [2.24, 2.45) is 11.7 Å². The van der Waals surface area contributed by atoms with Gasteiger partial charge in [-0.3, -0.25) is 4.79 Å². The zero-order valence-electron chi connectivity index (χ0n) is 9.10. The molecule has 0 aliphatic carbocycles. The Morgan fingerprint density at radius 1 is 1.50 bits per heavy atom. The van der Waals surface area contributed by atoms with Crippen LogP contribution in [0.3, 0.4) is 0 Å². The van der Waals surface area contributed by atoms with Crippen LogP contribution < -0.4 is 10.6 Å². The standard InChI is InChI=1S/C12H16N2OS/c13-6-9-2-1-3-11(4-9)14-7-10(8-16)5-12(14)15/h1-4,10,16H,5-8,13H2. The Morgan fingerprint density at radius 2 is 2.31 bits per heavy atom. The van der Waals surface area contributed by atoms with Gasteiger partial charge in [0.1, 0.15) is 0 Å². The Kier molecular flexibility index (Phi) is 3.51. The molecule has 4 heteroatoms. The van der Waals surface area contributed by atoms with Gasteiger partial charge in [0.15, 0.2) is 0 Å². The van der Waals surface area contributed by atoms with E-state index < -0.39 is 0 Å². The minimum absolute atomic E-state index is 0.188. The molecule has 1 aliphatic rings. The fourth-order valence-corrected chi connectivity index (χ4v) is 2.25.